The Labute approximate surface area is 158 Å². The lowest BCUT2D eigenvalue weighted by molar-refractivity contribution is -0.126. The van der Waals surface area contributed by atoms with Crippen molar-refractivity contribution >= 4 is 30.8 Å². The van der Waals surface area contributed by atoms with E-state index >= 15 is 0 Å². The molecule has 0 saturated heterocycles. The first-order chi connectivity index (χ1) is 12.3. The molecule has 9 heteroatoms. The van der Waals surface area contributed by atoms with Crippen molar-refractivity contribution in [2.75, 3.05) is 12.0 Å². The number of aromatic nitrogens is 1. The summed E-state index contributed by atoms with van der Waals surface area (Å²) in [5.41, 5.74) is -1.53. The van der Waals surface area contributed by atoms with Crippen molar-refractivity contribution in [3.8, 4) is 0 Å². The number of hydrogen-bond donors (Lipinski definition) is 0. The van der Waals surface area contributed by atoms with Gasteiger partial charge < -0.3 is 14.2 Å². The van der Waals surface area contributed by atoms with Crippen LogP contribution in [0.4, 0.5) is 15.4 Å². The molecular formula is C18H26N2O7. The number of rotatable bonds is 3. The summed E-state index contributed by atoms with van der Waals surface area (Å²) < 4.78 is 14.3. The Hall–Kier alpha value is -2.97. The highest BCUT2D eigenvalue weighted by Gasteiger charge is 2.33. The first-order valence-corrected chi connectivity index (χ1v) is 7.99. The van der Waals surface area contributed by atoms with Crippen molar-refractivity contribution in [3.63, 3.8) is 0 Å². The lowest BCUT2D eigenvalue weighted by Gasteiger charge is -2.28. The molecule has 1 aromatic rings. The molecule has 27 heavy (non-hydrogen) atoms. The molecule has 1 heterocycles. The third-order valence-corrected chi connectivity index (χ3v) is 2.35. The minimum atomic E-state index is -0.928. The fourth-order valence-corrected chi connectivity index (χ4v) is 1.51. The van der Waals surface area contributed by atoms with Crippen LogP contribution >= 0.6 is 0 Å². The Morgan fingerprint density at radius 1 is 0.963 bits per heavy atom. The Kier molecular flexibility index (Phi) is 9.12. The largest absolute Gasteiger partial charge is 0.471 e. The van der Waals surface area contributed by atoms with Crippen LogP contribution < -0.4 is 4.90 Å². The zero-order valence-electron chi connectivity index (χ0n) is 16.6. The number of aldehydes is 1. The minimum absolute atomic E-state index is 0.0434. The molecule has 0 unspecified atom stereocenters. The Morgan fingerprint density at radius 2 is 1.41 bits per heavy atom. The van der Waals surface area contributed by atoms with E-state index in [-0.39, 0.29) is 11.5 Å². The van der Waals surface area contributed by atoms with Gasteiger partial charge in [0.05, 0.1) is 7.11 Å². The zero-order valence-corrected chi connectivity index (χ0v) is 16.6. The number of carbonyl (C=O) groups is 4. The SMILES string of the molecule is CC(C)(C)OC(=O)N(C(=O)OC(C)(C)C)c1cccc(C=O)n1.COC=O. The first-order valence-electron chi connectivity index (χ1n) is 7.99. The number of anilines is 1. The number of hydrogen-bond acceptors (Lipinski definition) is 8. The number of ether oxygens (including phenoxy) is 3. The van der Waals surface area contributed by atoms with Crippen LogP contribution in [0, 0.1) is 0 Å². The summed E-state index contributed by atoms with van der Waals surface area (Å²) in [4.78, 5) is 49.2. The van der Waals surface area contributed by atoms with Crippen molar-refractivity contribution in [1.82, 2.24) is 4.98 Å². The number of amides is 2. The Bertz CT molecular complexity index is 632. The number of pyridine rings is 1. The second kappa shape index (κ2) is 10.2. The summed E-state index contributed by atoms with van der Waals surface area (Å²) in [5.74, 6) is -0.0434. The van der Waals surface area contributed by atoms with E-state index in [0.717, 1.165) is 0 Å². The van der Waals surface area contributed by atoms with E-state index in [0.29, 0.717) is 17.7 Å². The van der Waals surface area contributed by atoms with Gasteiger partial charge >= 0.3 is 12.2 Å². The van der Waals surface area contributed by atoms with Crippen LogP contribution in [0.1, 0.15) is 52.0 Å². The van der Waals surface area contributed by atoms with E-state index < -0.39 is 23.4 Å². The minimum Gasteiger partial charge on any atom is -0.471 e. The Morgan fingerprint density at radius 3 is 1.74 bits per heavy atom. The summed E-state index contributed by atoms with van der Waals surface area (Å²) in [7, 11) is 1.31. The maximum absolute atomic E-state index is 12.4. The first kappa shape index (κ1) is 24.0. The molecule has 150 valence electrons. The van der Waals surface area contributed by atoms with E-state index in [4.69, 9.17) is 14.3 Å². The molecule has 0 aliphatic rings. The van der Waals surface area contributed by atoms with Gasteiger partial charge in [-0.15, -0.1) is 0 Å². The van der Waals surface area contributed by atoms with E-state index in [1.54, 1.807) is 41.5 Å². The standard InChI is InChI=1S/C16H22N2O5.C2H4O2/c1-15(2,3)22-13(20)18(14(21)23-16(4,5)6)12-9-7-8-11(10-19)17-12;1-4-2-3/h7-10H,1-6H3;2H,1H3. The molecule has 0 N–H and O–H groups in total. The molecule has 9 nitrogen and oxygen atoms in total. The number of carbonyl (C=O) groups excluding carboxylic acids is 4. The molecule has 0 saturated carbocycles. The van der Waals surface area contributed by atoms with Gasteiger partial charge in [0.15, 0.2) is 6.29 Å². The second-order valence-corrected chi connectivity index (χ2v) is 7.17. The molecule has 2 amide bonds. The molecule has 0 bridgehead atoms. The molecule has 0 atom stereocenters. The summed E-state index contributed by atoms with van der Waals surface area (Å²) in [5, 5.41) is 0. The molecule has 0 fully saturated rings. The summed E-state index contributed by atoms with van der Waals surface area (Å²) >= 11 is 0. The van der Waals surface area contributed by atoms with Crippen LogP contribution in [0.15, 0.2) is 18.2 Å². The van der Waals surface area contributed by atoms with E-state index in [9.17, 15) is 14.4 Å². The molecule has 0 aromatic carbocycles. The highest BCUT2D eigenvalue weighted by molar-refractivity contribution is 6.08. The number of nitrogens with zero attached hydrogens (tertiary/aromatic N) is 2. The quantitative estimate of drug-likeness (QED) is 0.578. The van der Waals surface area contributed by atoms with Gasteiger partial charge in [0.1, 0.15) is 22.7 Å². The maximum atomic E-state index is 12.4. The number of imide groups is 1. The van der Waals surface area contributed by atoms with Gasteiger partial charge in [-0.05, 0) is 53.7 Å². The van der Waals surface area contributed by atoms with Crippen LogP contribution in [-0.4, -0.2) is 48.2 Å². The lowest BCUT2D eigenvalue weighted by Crippen LogP contribution is -2.44. The third-order valence-electron chi connectivity index (χ3n) is 2.35. The average Bonchev–Trinajstić information content (AvgIpc) is 2.52. The summed E-state index contributed by atoms with van der Waals surface area (Å²) in [6.07, 6.45) is -1.34. The van der Waals surface area contributed by atoms with Gasteiger partial charge in [0.25, 0.3) is 6.47 Å². The molecule has 1 rings (SSSR count). The van der Waals surface area contributed by atoms with Gasteiger partial charge in [-0.1, -0.05) is 6.07 Å². The molecule has 1 aromatic heterocycles. The monoisotopic (exact) mass is 382 g/mol. The second-order valence-electron chi connectivity index (χ2n) is 7.17. The fourth-order valence-electron chi connectivity index (χ4n) is 1.51. The van der Waals surface area contributed by atoms with Crippen molar-refractivity contribution in [1.29, 1.82) is 0 Å². The highest BCUT2D eigenvalue weighted by Crippen LogP contribution is 2.20. The topological polar surface area (TPSA) is 112 Å². The van der Waals surface area contributed by atoms with Gasteiger partial charge in [0, 0.05) is 0 Å². The third kappa shape index (κ3) is 9.93. The maximum Gasteiger partial charge on any atom is 0.425 e. The molecule has 0 spiro atoms. The van der Waals surface area contributed by atoms with Crippen LogP contribution in [0.2, 0.25) is 0 Å². The van der Waals surface area contributed by atoms with E-state index in [1.165, 1.54) is 25.3 Å². The molecule has 0 aliphatic heterocycles. The molecule has 0 radical (unpaired) electrons. The van der Waals surface area contributed by atoms with Crippen LogP contribution in [0.3, 0.4) is 0 Å². The Balaban J connectivity index is 0.00000153. The average molecular weight is 382 g/mol. The summed E-state index contributed by atoms with van der Waals surface area (Å²) in [6, 6.07) is 4.38. The van der Waals surface area contributed by atoms with Crippen LogP contribution in [0.25, 0.3) is 0 Å². The van der Waals surface area contributed by atoms with Crippen LogP contribution in [0.5, 0.6) is 0 Å². The van der Waals surface area contributed by atoms with Gasteiger partial charge in [-0.2, -0.15) is 4.90 Å². The van der Waals surface area contributed by atoms with Crippen molar-refractivity contribution in [2.45, 2.75) is 52.7 Å². The molecule has 0 aliphatic carbocycles. The molecular weight excluding hydrogens is 356 g/mol. The van der Waals surface area contributed by atoms with Gasteiger partial charge in [-0.3, -0.25) is 9.59 Å². The predicted molar refractivity (Wildman–Crippen MR) is 97.6 cm³/mol. The van der Waals surface area contributed by atoms with Crippen molar-refractivity contribution in [2.24, 2.45) is 0 Å². The normalized spacial score (nSPS) is 10.6. The highest BCUT2D eigenvalue weighted by atomic mass is 16.6. The number of methoxy groups -OCH3 is 1. The van der Waals surface area contributed by atoms with Crippen LogP contribution in [-0.2, 0) is 19.0 Å². The van der Waals surface area contributed by atoms with Gasteiger partial charge in [0.2, 0.25) is 0 Å². The fraction of sp³-hybridized carbons (Fsp3) is 0.500. The van der Waals surface area contributed by atoms with Gasteiger partial charge in [-0.25, -0.2) is 14.6 Å². The predicted octanol–water partition coefficient (Wildman–Crippen LogP) is 3.36. The van der Waals surface area contributed by atoms with E-state index in [1.807, 2.05) is 0 Å². The van der Waals surface area contributed by atoms with E-state index in [2.05, 4.69) is 9.72 Å². The zero-order chi connectivity index (χ0) is 21.3. The smallest absolute Gasteiger partial charge is 0.425 e. The van der Waals surface area contributed by atoms with Crippen molar-refractivity contribution < 1.29 is 33.4 Å². The van der Waals surface area contributed by atoms with Crippen molar-refractivity contribution in [3.05, 3.63) is 23.9 Å². The summed E-state index contributed by atoms with van der Waals surface area (Å²) in [6.45, 7) is 10.4. The lowest BCUT2D eigenvalue weighted by atomic mass is 10.2.